The summed E-state index contributed by atoms with van der Waals surface area (Å²) in [5, 5.41) is 7.43. The predicted octanol–water partition coefficient (Wildman–Crippen LogP) is 2.91. The summed E-state index contributed by atoms with van der Waals surface area (Å²) in [7, 11) is 0. The highest BCUT2D eigenvalue weighted by Gasteiger charge is 2.22. The largest absolute Gasteiger partial charge is 0.444 e. The maximum atomic E-state index is 14.4. The van der Waals surface area contributed by atoms with E-state index in [1.165, 1.54) is 23.5 Å². The van der Waals surface area contributed by atoms with Gasteiger partial charge in [0.2, 0.25) is 5.91 Å². The van der Waals surface area contributed by atoms with E-state index in [4.69, 9.17) is 4.74 Å². The lowest BCUT2D eigenvalue weighted by atomic mass is 9.99. The average Bonchev–Trinajstić information content (AvgIpc) is 3.20. The van der Waals surface area contributed by atoms with Crippen molar-refractivity contribution in [3.05, 3.63) is 46.0 Å². The van der Waals surface area contributed by atoms with E-state index in [9.17, 15) is 18.8 Å². The highest BCUT2D eigenvalue weighted by atomic mass is 32.1. The van der Waals surface area contributed by atoms with E-state index in [1.54, 1.807) is 16.1 Å². The first-order chi connectivity index (χ1) is 15.3. The number of nitrogens with one attached hydrogen (secondary N) is 2. The third-order valence-corrected chi connectivity index (χ3v) is 5.75. The summed E-state index contributed by atoms with van der Waals surface area (Å²) in [6, 6.07) is 3.81. The van der Waals surface area contributed by atoms with Crippen molar-refractivity contribution in [3.63, 3.8) is 0 Å². The van der Waals surface area contributed by atoms with Gasteiger partial charge in [-0.2, -0.15) is 4.99 Å². The van der Waals surface area contributed by atoms with Crippen molar-refractivity contribution >= 4 is 34.8 Å². The van der Waals surface area contributed by atoms with Gasteiger partial charge in [0.1, 0.15) is 5.82 Å². The van der Waals surface area contributed by atoms with Gasteiger partial charge in [-0.25, -0.2) is 4.39 Å². The molecule has 1 aliphatic heterocycles. The van der Waals surface area contributed by atoms with Crippen LogP contribution in [0.4, 0.5) is 10.1 Å². The van der Waals surface area contributed by atoms with Gasteiger partial charge >= 0.3 is 5.97 Å². The Bertz CT molecular complexity index is 1040. The number of ether oxygens (including phenoxy) is 1. The molecule has 1 aliphatic rings. The normalized spacial score (nSPS) is 15.1. The average molecular weight is 463 g/mol. The molecule has 0 unspecified atom stereocenters. The fourth-order valence-electron chi connectivity index (χ4n) is 3.27. The molecule has 1 aromatic carbocycles. The van der Waals surface area contributed by atoms with Crippen LogP contribution in [0.5, 0.6) is 0 Å². The molecule has 3 rings (SSSR count). The van der Waals surface area contributed by atoms with E-state index in [0.29, 0.717) is 4.80 Å². The Morgan fingerprint density at radius 1 is 1.31 bits per heavy atom. The molecular formula is C22H27FN4O4S. The van der Waals surface area contributed by atoms with Crippen molar-refractivity contribution in [1.29, 1.82) is 0 Å². The highest BCUT2D eigenvalue weighted by Crippen LogP contribution is 2.18. The monoisotopic (exact) mass is 462 g/mol. The molecule has 2 aromatic rings. The number of aromatic nitrogens is 1. The molecule has 0 aliphatic carbocycles. The minimum atomic E-state index is -0.710. The van der Waals surface area contributed by atoms with Crippen molar-refractivity contribution in [2.24, 2.45) is 16.8 Å². The van der Waals surface area contributed by atoms with Gasteiger partial charge < -0.3 is 15.4 Å². The van der Waals surface area contributed by atoms with Gasteiger partial charge in [-0.3, -0.25) is 19.0 Å². The Balaban J connectivity index is 1.65. The van der Waals surface area contributed by atoms with Crippen LogP contribution in [0.15, 0.2) is 34.8 Å². The lowest BCUT2D eigenvalue weighted by Gasteiger charge is -2.20. The third-order valence-electron chi connectivity index (χ3n) is 4.96. The predicted molar refractivity (Wildman–Crippen MR) is 118 cm³/mol. The first-order valence-corrected chi connectivity index (χ1v) is 11.4. The Morgan fingerprint density at radius 2 is 2.06 bits per heavy atom. The van der Waals surface area contributed by atoms with Crippen molar-refractivity contribution < 1.29 is 23.5 Å². The van der Waals surface area contributed by atoms with Crippen LogP contribution in [0.3, 0.4) is 0 Å². The maximum Gasteiger partial charge on any atom is 0.310 e. The molecule has 1 fully saturated rings. The molecule has 1 aromatic heterocycles. The zero-order chi connectivity index (χ0) is 23.1. The second-order valence-corrected chi connectivity index (χ2v) is 8.90. The first-order valence-electron chi connectivity index (χ1n) is 10.5. The smallest absolute Gasteiger partial charge is 0.310 e. The molecular weight excluding hydrogens is 435 g/mol. The fraction of sp³-hybridized carbons (Fsp3) is 0.455. The van der Waals surface area contributed by atoms with Gasteiger partial charge in [0.15, 0.2) is 11.5 Å². The van der Waals surface area contributed by atoms with E-state index < -0.39 is 11.7 Å². The lowest BCUT2D eigenvalue weighted by molar-refractivity contribution is -0.153. The van der Waals surface area contributed by atoms with Crippen LogP contribution in [0.1, 0.15) is 43.5 Å². The quantitative estimate of drug-likeness (QED) is 0.616. The number of hydrogen-bond acceptors (Lipinski definition) is 6. The fourth-order valence-corrected chi connectivity index (χ4v) is 3.98. The van der Waals surface area contributed by atoms with Gasteiger partial charge in [-0.05, 0) is 50.0 Å². The molecule has 32 heavy (non-hydrogen) atoms. The molecule has 0 bridgehead atoms. The van der Waals surface area contributed by atoms with Gasteiger partial charge in [-0.1, -0.05) is 13.8 Å². The number of carbonyl (C=O) groups is 3. The standard InChI is InChI=1S/C22H27FN4O4S/c1-14(2)11-19(28)25-18-4-3-16(12-17(18)23)20(29)26-22-27(9-10-32-22)13-31-21(30)15-5-7-24-8-6-15/h3-4,9-10,12,14-15,24H,5-8,11,13H2,1-2H3,(H,25,28). The lowest BCUT2D eigenvalue weighted by Crippen LogP contribution is -2.33. The van der Waals surface area contributed by atoms with Crippen LogP contribution >= 0.6 is 11.3 Å². The topological polar surface area (TPSA) is 102 Å². The number of piperidine rings is 1. The summed E-state index contributed by atoms with van der Waals surface area (Å²) >= 11 is 1.20. The zero-order valence-electron chi connectivity index (χ0n) is 18.1. The van der Waals surface area contributed by atoms with E-state index in [1.807, 2.05) is 13.8 Å². The number of thiazole rings is 1. The molecule has 0 spiro atoms. The van der Waals surface area contributed by atoms with Gasteiger partial charge in [0.25, 0.3) is 5.91 Å². The number of carbonyl (C=O) groups excluding carboxylic acids is 3. The minimum absolute atomic E-state index is 0.0169. The Morgan fingerprint density at radius 3 is 2.75 bits per heavy atom. The SMILES string of the molecule is CC(C)CC(=O)Nc1ccc(C(=O)N=c2sccn2COC(=O)C2CCNCC2)cc1F. The summed E-state index contributed by atoms with van der Waals surface area (Å²) in [6.45, 7) is 5.32. The molecule has 1 saturated heterocycles. The number of benzene rings is 1. The number of halogens is 1. The molecule has 2 amide bonds. The third kappa shape index (κ3) is 6.57. The zero-order valence-corrected chi connectivity index (χ0v) is 18.9. The number of esters is 1. The van der Waals surface area contributed by atoms with E-state index >= 15 is 0 Å². The van der Waals surface area contributed by atoms with E-state index in [0.717, 1.165) is 32.0 Å². The summed E-state index contributed by atoms with van der Waals surface area (Å²) in [5.41, 5.74) is 0.0687. The molecule has 172 valence electrons. The molecule has 0 atom stereocenters. The van der Waals surface area contributed by atoms with Crippen molar-refractivity contribution in [2.75, 3.05) is 18.4 Å². The summed E-state index contributed by atoms with van der Waals surface area (Å²) < 4.78 is 21.3. The molecule has 10 heteroatoms. The second-order valence-electron chi connectivity index (χ2n) is 8.03. The van der Waals surface area contributed by atoms with Crippen LogP contribution in [0.2, 0.25) is 0 Å². The number of amides is 2. The molecule has 2 N–H and O–H groups in total. The van der Waals surface area contributed by atoms with E-state index in [-0.39, 0.29) is 48.1 Å². The van der Waals surface area contributed by atoms with Crippen molar-refractivity contribution in [2.45, 2.75) is 39.8 Å². The van der Waals surface area contributed by atoms with Crippen molar-refractivity contribution in [3.8, 4) is 0 Å². The Labute approximate surface area is 189 Å². The Kier molecular flexibility index (Phi) is 8.29. The number of anilines is 1. The second kappa shape index (κ2) is 11.1. The van der Waals surface area contributed by atoms with Crippen LogP contribution in [0, 0.1) is 17.7 Å². The van der Waals surface area contributed by atoms with Gasteiger partial charge in [0.05, 0.1) is 11.6 Å². The summed E-state index contributed by atoms with van der Waals surface area (Å²) in [6.07, 6.45) is 3.42. The number of hydrogen-bond donors (Lipinski definition) is 2. The van der Waals surface area contributed by atoms with Crippen LogP contribution < -0.4 is 15.4 Å². The van der Waals surface area contributed by atoms with Gasteiger partial charge in [0, 0.05) is 23.6 Å². The molecule has 0 radical (unpaired) electrons. The summed E-state index contributed by atoms with van der Waals surface area (Å²) in [5.74, 6) is -1.88. The van der Waals surface area contributed by atoms with Crippen LogP contribution in [0.25, 0.3) is 0 Å². The number of rotatable bonds is 7. The first kappa shape index (κ1) is 23.8. The summed E-state index contributed by atoms with van der Waals surface area (Å²) in [4.78, 5) is 41.0. The van der Waals surface area contributed by atoms with Crippen LogP contribution in [-0.4, -0.2) is 35.4 Å². The minimum Gasteiger partial charge on any atom is -0.444 e. The van der Waals surface area contributed by atoms with Crippen molar-refractivity contribution in [1.82, 2.24) is 9.88 Å². The molecule has 8 nitrogen and oxygen atoms in total. The highest BCUT2D eigenvalue weighted by molar-refractivity contribution is 7.07. The maximum absolute atomic E-state index is 14.4. The van der Waals surface area contributed by atoms with Gasteiger partial charge in [-0.15, -0.1) is 11.3 Å². The molecule has 0 saturated carbocycles. The Hall–Kier alpha value is -2.85. The van der Waals surface area contributed by atoms with E-state index in [2.05, 4.69) is 15.6 Å². The number of nitrogens with zero attached hydrogens (tertiary/aromatic N) is 2. The van der Waals surface area contributed by atoms with Crippen LogP contribution in [-0.2, 0) is 21.1 Å². The molecule has 2 heterocycles.